The topological polar surface area (TPSA) is 47.8 Å². The van der Waals surface area contributed by atoms with E-state index < -0.39 is 5.82 Å². The van der Waals surface area contributed by atoms with E-state index in [2.05, 4.69) is 10.3 Å². The van der Waals surface area contributed by atoms with Crippen molar-refractivity contribution in [1.82, 2.24) is 15.0 Å². The number of aldehydes is 1. The quantitative estimate of drug-likeness (QED) is 0.733. The fraction of sp³-hybridized carbons (Fsp3) is 0. The molecule has 0 atom stereocenters. The van der Waals surface area contributed by atoms with Gasteiger partial charge < -0.3 is 0 Å². The predicted molar refractivity (Wildman–Crippen MR) is 51.7 cm³/mol. The number of carbonyl (C=O) groups is 1. The number of aromatic nitrogens is 3. The molecule has 76 valence electrons. The van der Waals surface area contributed by atoms with Gasteiger partial charge in [0.2, 0.25) is 0 Å². The standard InChI is InChI=1S/C9H5ClFN3O/c10-6-1-2-8(11)9(3-6)14-4-7(5-15)12-13-14/h1-5H. The van der Waals surface area contributed by atoms with Gasteiger partial charge in [-0.05, 0) is 18.2 Å². The van der Waals surface area contributed by atoms with Crippen LogP contribution in [0.1, 0.15) is 10.5 Å². The van der Waals surface area contributed by atoms with E-state index in [1.807, 2.05) is 0 Å². The lowest BCUT2D eigenvalue weighted by Crippen LogP contribution is -1.98. The Kier molecular flexibility index (Phi) is 2.47. The van der Waals surface area contributed by atoms with Crippen molar-refractivity contribution in [2.75, 3.05) is 0 Å². The summed E-state index contributed by atoms with van der Waals surface area (Å²) < 4.78 is 14.5. The van der Waals surface area contributed by atoms with Crippen LogP contribution >= 0.6 is 11.6 Å². The molecule has 0 saturated heterocycles. The second-order valence-electron chi connectivity index (χ2n) is 2.80. The second-order valence-corrected chi connectivity index (χ2v) is 3.24. The summed E-state index contributed by atoms with van der Waals surface area (Å²) in [5.74, 6) is -0.484. The lowest BCUT2D eigenvalue weighted by atomic mass is 10.3. The Hall–Kier alpha value is -1.75. The molecule has 0 aliphatic carbocycles. The molecule has 0 unspecified atom stereocenters. The third-order valence-corrected chi connectivity index (χ3v) is 2.02. The number of hydrogen-bond donors (Lipinski definition) is 0. The molecule has 1 aromatic heterocycles. The minimum absolute atomic E-state index is 0.134. The molecular weight excluding hydrogens is 221 g/mol. The smallest absolute Gasteiger partial charge is 0.171 e. The zero-order valence-electron chi connectivity index (χ0n) is 7.39. The van der Waals surface area contributed by atoms with Gasteiger partial charge in [0, 0.05) is 5.02 Å². The van der Waals surface area contributed by atoms with Crippen LogP contribution in [-0.4, -0.2) is 21.3 Å². The first-order valence-corrected chi connectivity index (χ1v) is 4.41. The lowest BCUT2D eigenvalue weighted by Gasteiger charge is -2.01. The molecule has 15 heavy (non-hydrogen) atoms. The van der Waals surface area contributed by atoms with E-state index in [1.54, 1.807) is 0 Å². The van der Waals surface area contributed by atoms with Crippen LogP contribution in [0.25, 0.3) is 5.69 Å². The monoisotopic (exact) mass is 225 g/mol. The van der Waals surface area contributed by atoms with Crippen molar-refractivity contribution in [3.63, 3.8) is 0 Å². The normalized spacial score (nSPS) is 10.3. The molecule has 0 bridgehead atoms. The number of carbonyl (C=O) groups excluding carboxylic acids is 1. The third-order valence-electron chi connectivity index (χ3n) is 1.79. The molecule has 2 rings (SSSR count). The molecule has 6 heteroatoms. The van der Waals surface area contributed by atoms with E-state index in [4.69, 9.17) is 11.6 Å². The number of hydrogen-bond acceptors (Lipinski definition) is 3. The van der Waals surface area contributed by atoms with Crippen molar-refractivity contribution in [3.8, 4) is 5.69 Å². The lowest BCUT2D eigenvalue weighted by molar-refractivity contribution is 0.111. The average molecular weight is 226 g/mol. The first-order chi connectivity index (χ1) is 7.20. The van der Waals surface area contributed by atoms with Crippen molar-refractivity contribution in [2.24, 2.45) is 0 Å². The van der Waals surface area contributed by atoms with E-state index in [-0.39, 0.29) is 11.4 Å². The van der Waals surface area contributed by atoms with Crippen molar-refractivity contribution in [3.05, 3.63) is 40.9 Å². The minimum Gasteiger partial charge on any atom is -0.296 e. The van der Waals surface area contributed by atoms with Gasteiger partial charge in [0.05, 0.1) is 6.20 Å². The van der Waals surface area contributed by atoms with Gasteiger partial charge in [-0.15, -0.1) is 5.10 Å². The van der Waals surface area contributed by atoms with Crippen molar-refractivity contribution in [2.45, 2.75) is 0 Å². The van der Waals surface area contributed by atoms with Crippen LogP contribution in [0.5, 0.6) is 0 Å². The number of benzene rings is 1. The van der Waals surface area contributed by atoms with Crippen molar-refractivity contribution < 1.29 is 9.18 Å². The molecule has 0 fully saturated rings. The zero-order chi connectivity index (χ0) is 10.8. The summed E-state index contributed by atoms with van der Waals surface area (Å²) in [5, 5.41) is 7.50. The summed E-state index contributed by atoms with van der Waals surface area (Å²) >= 11 is 5.71. The molecule has 0 aliphatic heterocycles. The van der Waals surface area contributed by atoms with Crippen LogP contribution in [0.15, 0.2) is 24.4 Å². The van der Waals surface area contributed by atoms with Gasteiger partial charge in [-0.1, -0.05) is 16.8 Å². The van der Waals surface area contributed by atoms with Gasteiger partial charge in [0.1, 0.15) is 17.2 Å². The summed E-state index contributed by atoms with van der Waals surface area (Å²) in [4.78, 5) is 10.4. The molecular formula is C9H5ClFN3O. The fourth-order valence-corrected chi connectivity index (χ4v) is 1.28. The number of halogens is 2. The van der Waals surface area contributed by atoms with E-state index >= 15 is 0 Å². The second kappa shape index (κ2) is 3.78. The van der Waals surface area contributed by atoms with E-state index in [0.29, 0.717) is 11.3 Å². The molecule has 1 heterocycles. The maximum atomic E-state index is 13.3. The van der Waals surface area contributed by atoms with Gasteiger partial charge in [0.25, 0.3) is 0 Å². The number of rotatable bonds is 2. The van der Waals surface area contributed by atoms with Crippen molar-refractivity contribution >= 4 is 17.9 Å². The minimum atomic E-state index is -0.484. The molecule has 0 amide bonds. The van der Waals surface area contributed by atoms with Gasteiger partial charge in [-0.25, -0.2) is 9.07 Å². The molecule has 2 aromatic rings. The highest BCUT2D eigenvalue weighted by molar-refractivity contribution is 6.30. The third kappa shape index (κ3) is 1.87. The van der Waals surface area contributed by atoms with Gasteiger partial charge in [-0.3, -0.25) is 4.79 Å². The zero-order valence-corrected chi connectivity index (χ0v) is 8.15. The first-order valence-electron chi connectivity index (χ1n) is 4.03. The van der Waals surface area contributed by atoms with Gasteiger partial charge >= 0.3 is 0 Å². The van der Waals surface area contributed by atoms with E-state index in [0.717, 1.165) is 4.68 Å². The van der Waals surface area contributed by atoms with Crippen LogP contribution in [0.4, 0.5) is 4.39 Å². The summed E-state index contributed by atoms with van der Waals surface area (Å²) in [6.45, 7) is 0. The molecule has 0 N–H and O–H groups in total. The summed E-state index contributed by atoms with van der Waals surface area (Å²) in [6.07, 6.45) is 1.85. The van der Waals surface area contributed by atoms with E-state index in [9.17, 15) is 9.18 Å². The van der Waals surface area contributed by atoms with Crippen LogP contribution < -0.4 is 0 Å². The molecule has 0 spiro atoms. The maximum Gasteiger partial charge on any atom is 0.171 e. The summed E-state index contributed by atoms with van der Waals surface area (Å²) in [7, 11) is 0. The Bertz CT molecular complexity index is 512. The van der Waals surface area contributed by atoms with Crippen LogP contribution in [0, 0.1) is 5.82 Å². The Labute approximate surface area is 89.3 Å². The van der Waals surface area contributed by atoms with Crippen LogP contribution in [-0.2, 0) is 0 Å². The molecule has 1 aromatic carbocycles. The Morgan fingerprint density at radius 1 is 1.47 bits per heavy atom. The maximum absolute atomic E-state index is 13.3. The van der Waals surface area contributed by atoms with Crippen molar-refractivity contribution in [1.29, 1.82) is 0 Å². The Morgan fingerprint density at radius 2 is 2.27 bits per heavy atom. The highest BCUT2D eigenvalue weighted by atomic mass is 35.5. The van der Waals surface area contributed by atoms with Crippen LogP contribution in [0.3, 0.4) is 0 Å². The van der Waals surface area contributed by atoms with Gasteiger partial charge in [0.15, 0.2) is 6.29 Å². The Morgan fingerprint density at radius 3 is 2.93 bits per heavy atom. The van der Waals surface area contributed by atoms with Crippen LogP contribution in [0.2, 0.25) is 5.02 Å². The SMILES string of the molecule is O=Cc1cn(-c2cc(Cl)ccc2F)nn1. The average Bonchev–Trinajstić information content (AvgIpc) is 2.70. The van der Waals surface area contributed by atoms with Gasteiger partial charge in [-0.2, -0.15) is 0 Å². The number of nitrogens with zero attached hydrogens (tertiary/aromatic N) is 3. The molecule has 0 aliphatic rings. The highest BCUT2D eigenvalue weighted by Crippen LogP contribution is 2.17. The fourth-order valence-electron chi connectivity index (χ4n) is 1.11. The van der Waals surface area contributed by atoms with E-state index in [1.165, 1.54) is 24.4 Å². The molecule has 4 nitrogen and oxygen atoms in total. The molecule has 0 radical (unpaired) electrons. The largest absolute Gasteiger partial charge is 0.296 e. The summed E-state index contributed by atoms with van der Waals surface area (Å²) in [5.41, 5.74) is 0.289. The summed E-state index contributed by atoms with van der Waals surface area (Å²) in [6, 6.07) is 4.05. The predicted octanol–water partition coefficient (Wildman–Crippen LogP) is 1.87. The Balaban J connectivity index is 2.52. The first kappa shape index (κ1) is 9.79. The molecule has 0 saturated carbocycles. The highest BCUT2D eigenvalue weighted by Gasteiger charge is 2.07.